The second-order valence-electron chi connectivity index (χ2n) is 10.5. The van der Waals surface area contributed by atoms with Crippen LogP contribution in [0.25, 0.3) is 33.7 Å². The van der Waals surface area contributed by atoms with Crippen LogP contribution in [0.3, 0.4) is 0 Å². The summed E-state index contributed by atoms with van der Waals surface area (Å²) in [5.41, 5.74) is 4.05. The van der Waals surface area contributed by atoms with Gasteiger partial charge in [0.15, 0.2) is 22.8 Å². The van der Waals surface area contributed by atoms with E-state index in [9.17, 15) is 14.8 Å². The minimum absolute atomic E-state index is 0.0604. The Balaban J connectivity index is 1.33. The molecule has 0 amide bonds. The summed E-state index contributed by atoms with van der Waals surface area (Å²) < 4.78 is 22.7. The fourth-order valence-corrected chi connectivity index (χ4v) is 4.92. The zero-order valence-corrected chi connectivity index (χ0v) is 22.2. The number of benzene rings is 2. The Kier molecular flexibility index (Phi) is 6.07. The van der Waals surface area contributed by atoms with Crippen LogP contribution in [0.1, 0.15) is 30.5 Å². The normalized spacial score (nSPS) is 13.6. The third-order valence-electron chi connectivity index (χ3n) is 6.95. The first kappa shape index (κ1) is 25.2. The van der Waals surface area contributed by atoms with Gasteiger partial charge < -0.3 is 15.2 Å². The van der Waals surface area contributed by atoms with E-state index in [2.05, 4.69) is 24.1 Å². The molecule has 40 heavy (non-hydrogen) atoms. The number of aromatic hydroxyl groups is 1. The predicted octanol–water partition coefficient (Wildman–Crippen LogP) is 5.36. The van der Waals surface area contributed by atoms with E-state index in [1.807, 2.05) is 23.6 Å². The Morgan fingerprint density at radius 1 is 1.12 bits per heavy atom. The molecule has 9 nitrogen and oxygen atoms in total. The Hall–Kier alpha value is -5.04. The standard InChI is InChI=1S/C30H26FN7O2/c1-17-11-20(15-33-14-17)26-36-27(25-28(37-26)38-29(35-25)40-16-30(38,2)3)34-10-9-18-7-8-23(39)22(12-18)21-6-4-5-19(13-32)24(21)31/h4-8,11-12,14-15,39H,9-10,16H2,1-3H3,(H,34,36,37). The van der Waals surface area contributed by atoms with Gasteiger partial charge in [0, 0.05) is 35.6 Å². The van der Waals surface area contributed by atoms with Gasteiger partial charge in [0.25, 0.3) is 6.01 Å². The smallest absolute Gasteiger partial charge is 0.299 e. The van der Waals surface area contributed by atoms with Crippen LogP contribution in [0.15, 0.2) is 54.9 Å². The molecule has 5 aromatic rings. The van der Waals surface area contributed by atoms with Crippen molar-refractivity contribution in [3.8, 4) is 40.3 Å². The second-order valence-corrected chi connectivity index (χ2v) is 10.5. The number of aryl methyl sites for hydroxylation is 1. The Morgan fingerprint density at radius 2 is 1.98 bits per heavy atom. The molecule has 0 atom stereocenters. The van der Waals surface area contributed by atoms with Crippen LogP contribution >= 0.6 is 0 Å². The van der Waals surface area contributed by atoms with Crippen molar-refractivity contribution in [3.05, 3.63) is 77.4 Å². The maximum Gasteiger partial charge on any atom is 0.299 e. The maximum atomic E-state index is 14.8. The molecule has 6 rings (SSSR count). The molecule has 3 aromatic heterocycles. The van der Waals surface area contributed by atoms with Crippen molar-refractivity contribution in [2.45, 2.75) is 32.7 Å². The highest BCUT2D eigenvalue weighted by atomic mass is 19.1. The molecule has 0 spiro atoms. The van der Waals surface area contributed by atoms with E-state index in [1.54, 1.807) is 36.7 Å². The minimum Gasteiger partial charge on any atom is -0.507 e. The van der Waals surface area contributed by atoms with Crippen LogP contribution in [0.5, 0.6) is 11.8 Å². The summed E-state index contributed by atoms with van der Waals surface area (Å²) in [4.78, 5) is 18.7. The fourth-order valence-electron chi connectivity index (χ4n) is 4.92. The van der Waals surface area contributed by atoms with E-state index < -0.39 is 5.82 Å². The van der Waals surface area contributed by atoms with Crippen molar-refractivity contribution in [2.75, 3.05) is 18.5 Å². The molecule has 10 heteroatoms. The zero-order chi connectivity index (χ0) is 28.0. The van der Waals surface area contributed by atoms with E-state index in [0.29, 0.717) is 54.0 Å². The largest absolute Gasteiger partial charge is 0.507 e. The van der Waals surface area contributed by atoms with Gasteiger partial charge in [0.2, 0.25) is 0 Å². The molecule has 0 radical (unpaired) electrons. The number of phenolic OH excluding ortho intramolecular Hbond substituents is 1. The van der Waals surface area contributed by atoms with Crippen LogP contribution in [-0.4, -0.2) is 42.8 Å². The molecule has 2 aromatic carbocycles. The number of nitrogens with one attached hydrogen (secondary N) is 1. The number of aromatic nitrogens is 5. The highest BCUT2D eigenvalue weighted by molar-refractivity contribution is 5.86. The molecule has 1 aliphatic rings. The van der Waals surface area contributed by atoms with Crippen molar-refractivity contribution < 1.29 is 14.2 Å². The molecule has 0 saturated heterocycles. The van der Waals surface area contributed by atoms with Gasteiger partial charge in [-0.25, -0.2) is 14.4 Å². The monoisotopic (exact) mass is 535 g/mol. The van der Waals surface area contributed by atoms with E-state index in [-0.39, 0.29) is 22.4 Å². The number of pyridine rings is 1. The fraction of sp³-hybridized carbons (Fsp3) is 0.233. The van der Waals surface area contributed by atoms with Gasteiger partial charge in [-0.1, -0.05) is 18.2 Å². The summed E-state index contributed by atoms with van der Waals surface area (Å²) in [5, 5.41) is 23.0. The summed E-state index contributed by atoms with van der Waals surface area (Å²) in [6.07, 6.45) is 4.07. The molecule has 0 aliphatic carbocycles. The molecular formula is C30H26FN7O2. The second kappa shape index (κ2) is 9.61. The number of nitriles is 1. The lowest BCUT2D eigenvalue weighted by Gasteiger charge is -2.18. The quantitative estimate of drug-likeness (QED) is 0.298. The third kappa shape index (κ3) is 4.35. The lowest BCUT2D eigenvalue weighted by Crippen LogP contribution is -2.25. The molecule has 2 N–H and O–H groups in total. The van der Waals surface area contributed by atoms with Crippen molar-refractivity contribution in [2.24, 2.45) is 0 Å². The third-order valence-corrected chi connectivity index (χ3v) is 6.95. The maximum absolute atomic E-state index is 14.8. The summed E-state index contributed by atoms with van der Waals surface area (Å²) in [7, 11) is 0. The molecule has 0 unspecified atom stereocenters. The summed E-state index contributed by atoms with van der Waals surface area (Å²) in [6, 6.07) is 13.9. The summed E-state index contributed by atoms with van der Waals surface area (Å²) in [5.74, 6) is 0.371. The average molecular weight is 536 g/mol. The number of nitrogens with zero attached hydrogens (tertiary/aromatic N) is 6. The van der Waals surface area contributed by atoms with Crippen molar-refractivity contribution >= 4 is 17.0 Å². The van der Waals surface area contributed by atoms with Gasteiger partial charge >= 0.3 is 0 Å². The van der Waals surface area contributed by atoms with E-state index in [1.165, 1.54) is 12.1 Å². The highest BCUT2D eigenvalue weighted by Gasteiger charge is 2.36. The van der Waals surface area contributed by atoms with Crippen LogP contribution in [0.2, 0.25) is 0 Å². The SMILES string of the molecule is Cc1cncc(-c2nc(NCCc3ccc(O)c(-c4cccc(C#N)c4F)c3)c3nc4n(c3n2)C(C)(C)CO4)c1. The molecule has 0 saturated carbocycles. The number of imidazole rings is 1. The number of hydrogen-bond donors (Lipinski definition) is 2. The van der Waals surface area contributed by atoms with Crippen LogP contribution in [0, 0.1) is 24.1 Å². The molecule has 1 aliphatic heterocycles. The Bertz CT molecular complexity index is 1820. The molecule has 200 valence electrons. The molecular weight excluding hydrogens is 509 g/mol. The first-order valence-electron chi connectivity index (χ1n) is 12.9. The number of hydrogen-bond acceptors (Lipinski definition) is 8. The lowest BCUT2D eigenvalue weighted by molar-refractivity contribution is 0.268. The van der Waals surface area contributed by atoms with E-state index in [4.69, 9.17) is 19.7 Å². The molecule has 4 heterocycles. The number of fused-ring (bicyclic) bond motifs is 3. The van der Waals surface area contributed by atoms with Crippen molar-refractivity contribution in [1.29, 1.82) is 5.26 Å². The van der Waals surface area contributed by atoms with E-state index >= 15 is 0 Å². The number of phenols is 1. The van der Waals surface area contributed by atoms with Gasteiger partial charge in [-0.3, -0.25) is 9.55 Å². The van der Waals surface area contributed by atoms with Crippen molar-refractivity contribution in [3.63, 3.8) is 0 Å². The van der Waals surface area contributed by atoms with Gasteiger partial charge in [-0.15, -0.1) is 0 Å². The first-order valence-corrected chi connectivity index (χ1v) is 12.9. The lowest BCUT2D eigenvalue weighted by atomic mass is 9.98. The van der Waals surface area contributed by atoms with Gasteiger partial charge in [0.05, 0.1) is 11.1 Å². The molecule has 0 bridgehead atoms. The van der Waals surface area contributed by atoms with E-state index in [0.717, 1.165) is 16.7 Å². The summed E-state index contributed by atoms with van der Waals surface area (Å²) in [6.45, 7) is 7.10. The first-order chi connectivity index (χ1) is 19.2. The Labute approximate surface area is 230 Å². The topological polar surface area (TPSA) is 122 Å². The number of ether oxygens (including phenoxy) is 1. The highest BCUT2D eigenvalue weighted by Crippen LogP contribution is 2.37. The van der Waals surface area contributed by atoms with Crippen LogP contribution in [0.4, 0.5) is 10.2 Å². The number of anilines is 1. The molecule has 0 fully saturated rings. The minimum atomic E-state index is -0.657. The van der Waals surface area contributed by atoms with Crippen LogP contribution < -0.4 is 10.1 Å². The average Bonchev–Trinajstić information content (AvgIpc) is 3.47. The zero-order valence-electron chi connectivity index (χ0n) is 22.2. The van der Waals surface area contributed by atoms with Crippen LogP contribution in [-0.2, 0) is 12.0 Å². The predicted molar refractivity (Wildman–Crippen MR) is 149 cm³/mol. The number of halogens is 1. The van der Waals surface area contributed by atoms with Gasteiger partial charge in [-0.05, 0) is 62.6 Å². The number of rotatable bonds is 6. The van der Waals surface area contributed by atoms with Gasteiger partial charge in [0.1, 0.15) is 24.2 Å². The summed E-state index contributed by atoms with van der Waals surface area (Å²) >= 11 is 0. The Morgan fingerprint density at radius 3 is 2.77 bits per heavy atom. The van der Waals surface area contributed by atoms with Gasteiger partial charge in [-0.2, -0.15) is 10.2 Å². The van der Waals surface area contributed by atoms with Crippen molar-refractivity contribution in [1.82, 2.24) is 24.5 Å².